The van der Waals surface area contributed by atoms with Crippen molar-refractivity contribution in [3.05, 3.63) is 103 Å². The van der Waals surface area contributed by atoms with E-state index in [1.807, 2.05) is 25.1 Å². The number of rotatable bonds is 7. The molecule has 41 heavy (non-hydrogen) atoms. The van der Waals surface area contributed by atoms with Crippen molar-refractivity contribution in [2.45, 2.75) is 12.7 Å². The second kappa shape index (κ2) is 11.2. The van der Waals surface area contributed by atoms with E-state index < -0.39 is 17.5 Å². The molecule has 5 aromatic rings. The molecule has 10 nitrogen and oxygen atoms in total. The van der Waals surface area contributed by atoms with E-state index in [4.69, 9.17) is 19.2 Å². The number of ether oxygens (including phenoxy) is 3. The molecule has 0 unspecified atom stereocenters. The van der Waals surface area contributed by atoms with Crippen molar-refractivity contribution in [2.75, 3.05) is 18.5 Å². The van der Waals surface area contributed by atoms with Gasteiger partial charge < -0.3 is 24.5 Å². The van der Waals surface area contributed by atoms with Gasteiger partial charge in [-0.15, -0.1) is 0 Å². The molecule has 0 radical (unpaired) electrons. The van der Waals surface area contributed by atoms with Crippen LogP contribution in [0, 0.1) is 11.7 Å². The molecule has 1 saturated heterocycles. The van der Waals surface area contributed by atoms with E-state index >= 15 is 0 Å². The first kappa shape index (κ1) is 26.2. The Morgan fingerprint density at radius 3 is 2.51 bits per heavy atom. The number of pyridine rings is 1. The van der Waals surface area contributed by atoms with E-state index in [9.17, 15) is 9.18 Å². The Hall–Kier alpha value is -5.00. The molecule has 1 aliphatic heterocycles. The number of H-pyrrole nitrogens is 1. The summed E-state index contributed by atoms with van der Waals surface area (Å²) in [6.45, 7) is 2.46. The van der Waals surface area contributed by atoms with Crippen molar-refractivity contribution in [3.8, 4) is 34.4 Å². The zero-order chi connectivity index (χ0) is 28.2. The Bertz CT molecular complexity index is 1640. The zero-order valence-electron chi connectivity index (χ0n) is 22.0. The lowest BCUT2D eigenvalue weighted by Crippen LogP contribution is -2.50. The molecule has 0 atom stereocenters. The number of anilines is 1. The molecule has 3 aromatic heterocycles. The number of aromatic amines is 1. The zero-order valence-corrected chi connectivity index (χ0v) is 22.0. The maximum Gasteiger partial charge on any atom is 0.322 e. The predicted octanol–water partition coefficient (Wildman–Crippen LogP) is 5.33. The van der Waals surface area contributed by atoms with E-state index in [2.05, 4.69) is 25.3 Å². The number of benzene rings is 2. The summed E-state index contributed by atoms with van der Waals surface area (Å²) in [6, 6.07) is 20.2. The summed E-state index contributed by atoms with van der Waals surface area (Å²) in [4.78, 5) is 34.6. The van der Waals surface area contributed by atoms with E-state index in [1.165, 1.54) is 18.3 Å². The number of aromatic nitrogens is 5. The highest BCUT2D eigenvalue weighted by atomic mass is 19.1. The molecule has 0 saturated carbocycles. The lowest BCUT2D eigenvalue weighted by atomic mass is 10.1. The SMILES string of the molecule is CC1COC(C(=O)Nc2cccnc2)(c2nc(-c3ccc(F)cc3)c(-c3ccnc(Oc4ccccc4)n3)[nH]2)OC1. The molecule has 206 valence electrons. The van der Waals surface area contributed by atoms with Crippen LogP contribution in [-0.4, -0.2) is 44.0 Å². The van der Waals surface area contributed by atoms with Crippen LogP contribution in [0.25, 0.3) is 22.6 Å². The molecule has 2 N–H and O–H groups in total. The summed E-state index contributed by atoms with van der Waals surface area (Å²) in [6.07, 6.45) is 4.67. The largest absolute Gasteiger partial charge is 0.424 e. The number of halogens is 1. The minimum absolute atomic E-state index is 0.0554. The van der Waals surface area contributed by atoms with E-state index in [1.54, 1.807) is 54.9 Å². The Morgan fingerprint density at radius 1 is 1.00 bits per heavy atom. The number of nitrogens with zero attached hydrogens (tertiary/aromatic N) is 4. The minimum atomic E-state index is -1.90. The summed E-state index contributed by atoms with van der Waals surface area (Å²) in [5, 5.41) is 2.81. The van der Waals surface area contributed by atoms with Crippen LogP contribution >= 0.6 is 0 Å². The molecule has 0 spiro atoms. The number of para-hydroxylation sites is 1. The van der Waals surface area contributed by atoms with Crippen LogP contribution in [0.4, 0.5) is 10.1 Å². The standard InChI is InChI=1S/C30H25FN6O4/c1-19-17-39-30(40-18-19,28(38)34-22-6-5-14-32-16-22)27-36-25(20-9-11-21(31)12-10-20)26(37-27)24-13-15-33-29(35-24)41-23-7-3-2-4-8-23/h2-16,19H,17-18H2,1H3,(H,34,38)(H,36,37). The third-order valence-corrected chi connectivity index (χ3v) is 6.34. The fourth-order valence-corrected chi connectivity index (χ4v) is 4.29. The summed E-state index contributed by atoms with van der Waals surface area (Å²) in [5.41, 5.74) is 2.32. The molecule has 6 rings (SSSR count). The van der Waals surface area contributed by atoms with Gasteiger partial charge in [0, 0.05) is 23.9 Å². The number of imidazole rings is 1. The van der Waals surface area contributed by atoms with Crippen molar-refractivity contribution >= 4 is 11.6 Å². The van der Waals surface area contributed by atoms with Crippen molar-refractivity contribution < 1.29 is 23.4 Å². The molecule has 4 heterocycles. The van der Waals surface area contributed by atoms with Gasteiger partial charge in [-0.2, -0.15) is 4.98 Å². The van der Waals surface area contributed by atoms with Crippen LogP contribution in [0.5, 0.6) is 11.8 Å². The topological polar surface area (TPSA) is 124 Å². The van der Waals surface area contributed by atoms with Crippen LogP contribution in [-0.2, 0) is 20.1 Å². The van der Waals surface area contributed by atoms with Crippen LogP contribution in [0.2, 0.25) is 0 Å². The van der Waals surface area contributed by atoms with Gasteiger partial charge in [0.2, 0.25) is 0 Å². The number of hydrogen-bond donors (Lipinski definition) is 2. The number of carbonyl (C=O) groups is 1. The molecular formula is C30H25FN6O4. The molecule has 11 heteroatoms. The third kappa shape index (κ3) is 5.53. The molecule has 0 bridgehead atoms. The second-order valence-corrected chi connectivity index (χ2v) is 9.50. The van der Waals surface area contributed by atoms with Crippen molar-refractivity contribution in [3.63, 3.8) is 0 Å². The minimum Gasteiger partial charge on any atom is -0.424 e. The monoisotopic (exact) mass is 552 g/mol. The summed E-state index contributed by atoms with van der Waals surface area (Å²) < 4.78 is 31.9. The molecular weight excluding hydrogens is 527 g/mol. The quantitative estimate of drug-likeness (QED) is 0.278. The van der Waals surface area contributed by atoms with Gasteiger partial charge in [-0.05, 0) is 54.6 Å². The van der Waals surface area contributed by atoms with Gasteiger partial charge in [-0.3, -0.25) is 9.78 Å². The van der Waals surface area contributed by atoms with Crippen LogP contribution in [0.1, 0.15) is 12.7 Å². The van der Waals surface area contributed by atoms with Crippen LogP contribution < -0.4 is 10.1 Å². The Kier molecular flexibility index (Phi) is 7.19. The van der Waals surface area contributed by atoms with Gasteiger partial charge in [-0.1, -0.05) is 25.1 Å². The van der Waals surface area contributed by atoms with E-state index in [0.29, 0.717) is 34.1 Å². The second-order valence-electron chi connectivity index (χ2n) is 9.50. The first-order valence-electron chi connectivity index (χ1n) is 12.9. The summed E-state index contributed by atoms with van der Waals surface area (Å²) >= 11 is 0. The predicted molar refractivity (Wildman–Crippen MR) is 147 cm³/mol. The van der Waals surface area contributed by atoms with Crippen LogP contribution in [0.15, 0.2) is 91.4 Å². The average molecular weight is 553 g/mol. The Morgan fingerprint density at radius 2 is 1.78 bits per heavy atom. The van der Waals surface area contributed by atoms with Gasteiger partial charge in [0.25, 0.3) is 5.91 Å². The molecule has 1 fully saturated rings. The van der Waals surface area contributed by atoms with Crippen molar-refractivity contribution in [2.24, 2.45) is 5.92 Å². The van der Waals surface area contributed by atoms with Gasteiger partial charge in [-0.25, -0.2) is 14.4 Å². The molecule has 1 amide bonds. The number of amides is 1. The molecule has 0 aliphatic carbocycles. The maximum atomic E-state index is 13.8. The van der Waals surface area contributed by atoms with Gasteiger partial charge in [0.1, 0.15) is 11.6 Å². The lowest BCUT2D eigenvalue weighted by Gasteiger charge is -2.36. The average Bonchev–Trinajstić information content (AvgIpc) is 3.45. The number of nitrogens with one attached hydrogen (secondary N) is 2. The highest BCUT2D eigenvalue weighted by Crippen LogP contribution is 2.37. The molecule has 2 aromatic carbocycles. The molecule has 1 aliphatic rings. The third-order valence-electron chi connectivity index (χ3n) is 6.34. The first-order chi connectivity index (χ1) is 20.0. The summed E-state index contributed by atoms with van der Waals surface area (Å²) in [7, 11) is 0. The number of hydrogen-bond acceptors (Lipinski definition) is 8. The van der Waals surface area contributed by atoms with Crippen molar-refractivity contribution in [1.82, 2.24) is 24.9 Å². The fraction of sp³-hybridized carbons (Fsp3) is 0.167. The fourth-order valence-electron chi connectivity index (χ4n) is 4.29. The van der Waals surface area contributed by atoms with E-state index in [0.717, 1.165) is 0 Å². The van der Waals surface area contributed by atoms with Gasteiger partial charge in [0.05, 0.1) is 42.2 Å². The van der Waals surface area contributed by atoms with Gasteiger partial charge >= 0.3 is 11.8 Å². The highest BCUT2D eigenvalue weighted by Gasteiger charge is 2.49. The van der Waals surface area contributed by atoms with Crippen molar-refractivity contribution in [1.29, 1.82) is 0 Å². The highest BCUT2D eigenvalue weighted by molar-refractivity contribution is 5.96. The van der Waals surface area contributed by atoms with Gasteiger partial charge in [0.15, 0.2) is 5.82 Å². The normalized spacial score (nSPS) is 18.5. The first-order valence-corrected chi connectivity index (χ1v) is 12.9. The number of carbonyl (C=O) groups excluding carboxylic acids is 1. The summed E-state index contributed by atoms with van der Waals surface area (Å²) in [5.74, 6) is -2.15. The Balaban J connectivity index is 1.45. The van der Waals surface area contributed by atoms with E-state index in [-0.39, 0.29) is 31.0 Å². The maximum absolute atomic E-state index is 13.8. The van der Waals surface area contributed by atoms with Crippen LogP contribution in [0.3, 0.4) is 0 Å². The lowest BCUT2D eigenvalue weighted by molar-refractivity contribution is -0.274. The smallest absolute Gasteiger partial charge is 0.322 e. The Labute approximate surface area is 234 Å².